The van der Waals surface area contributed by atoms with Crippen LogP contribution in [0.4, 0.5) is 0 Å². The number of aryl methyl sites for hydroxylation is 1. The van der Waals surface area contributed by atoms with Crippen molar-refractivity contribution in [1.29, 1.82) is 0 Å². The molecule has 0 saturated carbocycles. The van der Waals surface area contributed by atoms with E-state index in [0.717, 1.165) is 38.3 Å². The van der Waals surface area contributed by atoms with E-state index < -0.39 is 0 Å². The largest absolute Gasteiger partial charge is 0.381 e. The highest BCUT2D eigenvalue weighted by atomic mass is 32.1. The number of rotatable bonds is 5. The average molecular weight is 254 g/mol. The third-order valence-electron chi connectivity index (χ3n) is 3.25. The fraction of sp³-hybridized carbons (Fsp3) is 0.769. The second-order valence-electron chi connectivity index (χ2n) is 4.71. The summed E-state index contributed by atoms with van der Waals surface area (Å²) in [4.78, 5) is 4.65. The smallest absolute Gasteiger partial charge is 0.110 e. The van der Waals surface area contributed by atoms with Gasteiger partial charge in [0.25, 0.3) is 0 Å². The van der Waals surface area contributed by atoms with Crippen molar-refractivity contribution >= 4 is 11.3 Å². The number of thiazole rings is 1. The highest BCUT2D eigenvalue weighted by Gasteiger charge is 2.26. The van der Waals surface area contributed by atoms with E-state index in [-0.39, 0.29) is 0 Å². The summed E-state index contributed by atoms with van der Waals surface area (Å²) in [5.74, 6) is 0.681. The standard InChI is InChI=1S/C13H22N2OS/c1-3-6-14-12(11-4-7-16-8-5-11)13-15-10(2)9-17-13/h9,11-12,14H,3-8H2,1-2H3. The van der Waals surface area contributed by atoms with Gasteiger partial charge in [0.05, 0.1) is 6.04 Å². The Labute approximate surface area is 108 Å². The Kier molecular flexibility index (Phi) is 4.95. The summed E-state index contributed by atoms with van der Waals surface area (Å²) in [6.45, 7) is 7.15. The van der Waals surface area contributed by atoms with E-state index in [2.05, 4.69) is 29.5 Å². The molecule has 1 atom stereocenters. The fourth-order valence-electron chi connectivity index (χ4n) is 2.32. The van der Waals surface area contributed by atoms with Crippen LogP contribution in [0.3, 0.4) is 0 Å². The third kappa shape index (κ3) is 3.50. The first-order valence-corrected chi connectivity index (χ1v) is 7.42. The second-order valence-corrected chi connectivity index (χ2v) is 5.60. The zero-order chi connectivity index (χ0) is 12.1. The van der Waals surface area contributed by atoms with Crippen molar-refractivity contribution in [1.82, 2.24) is 10.3 Å². The summed E-state index contributed by atoms with van der Waals surface area (Å²) in [6.07, 6.45) is 3.48. The lowest BCUT2D eigenvalue weighted by Crippen LogP contribution is -2.32. The molecule has 1 fully saturated rings. The number of ether oxygens (including phenoxy) is 1. The SMILES string of the molecule is CCCNC(c1nc(C)cs1)C1CCOCC1. The molecule has 1 aliphatic heterocycles. The first-order valence-electron chi connectivity index (χ1n) is 6.54. The van der Waals surface area contributed by atoms with Crippen molar-refractivity contribution in [2.24, 2.45) is 5.92 Å². The highest BCUT2D eigenvalue weighted by molar-refractivity contribution is 7.09. The maximum Gasteiger partial charge on any atom is 0.110 e. The van der Waals surface area contributed by atoms with Crippen LogP contribution < -0.4 is 5.32 Å². The van der Waals surface area contributed by atoms with Gasteiger partial charge in [-0.3, -0.25) is 0 Å². The number of nitrogens with zero attached hydrogens (tertiary/aromatic N) is 1. The quantitative estimate of drug-likeness (QED) is 0.877. The van der Waals surface area contributed by atoms with E-state index in [1.165, 1.54) is 11.4 Å². The monoisotopic (exact) mass is 254 g/mol. The van der Waals surface area contributed by atoms with E-state index in [4.69, 9.17) is 4.74 Å². The molecule has 0 aliphatic carbocycles. The van der Waals surface area contributed by atoms with Crippen LogP contribution >= 0.6 is 11.3 Å². The minimum Gasteiger partial charge on any atom is -0.381 e. The Morgan fingerprint density at radius 1 is 1.53 bits per heavy atom. The van der Waals surface area contributed by atoms with Gasteiger partial charge >= 0.3 is 0 Å². The third-order valence-corrected chi connectivity index (χ3v) is 4.30. The van der Waals surface area contributed by atoms with Crippen molar-refractivity contribution < 1.29 is 4.74 Å². The number of aromatic nitrogens is 1. The first kappa shape index (κ1) is 13.0. The molecule has 17 heavy (non-hydrogen) atoms. The Balaban J connectivity index is 2.06. The van der Waals surface area contributed by atoms with Crippen molar-refractivity contribution in [2.45, 2.75) is 39.2 Å². The Morgan fingerprint density at radius 2 is 2.29 bits per heavy atom. The molecule has 1 unspecified atom stereocenters. The molecule has 1 aromatic heterocycles. The van der Waals surface area contributed by atoms with Gasteiger partial charge in [0.15, 0.2) is 0 Å². The van der Waals surface area contributed by atoms with Gasteiger partial charge in [-0.2, -0.15) is 0 Å². The lowest BCUT2D eigenvalue weighted by Gasteiger charge is -2.29. The van der Waals surface area contributed by atoms with Crippen LogP contribution in [0.1, 0.15) is 42.9 Å². The topological polar surface area (TPSA) is 34.2 Å². The van der Waals surface area contributed by atoms with Crippen molar-refractivity contribution in [3.63, 3.8) is 0 Å². The maximum absolute atomic E-state index is 5.45. The van der Waals surface area contributed by atoms with Gasteiger partial charge < -0.3 is 10.1 Å². The molecule has 2 rings (SSSR count). The molecule has 3 nitrogen and oxygen atoms in total. The van der Waals surface area contributed by atoms with Crippen LogP contribution in [-0.4, -0.2) is 24.7 Å². The van der Waals surface area contributed by atoms with Crippen LogP contribution in [0, 0.1) is 12.8 Å². The van der Waals surface area contributed by atoms with Crippen molar-refractivity contribution in [2.75, 3.05) is 19.8 Å². The van der Waals surface area contributed by atoms with Gasteiger partial charge in [-0.25, -0.2) is 4.98 Å². The summed E-state index contributed by atoms with van der Waals surface area (Å²) in [7, 11) is 0. The molecule has 0 bridgehead atoms. The second kappa shape index (κ2) is 6.47. The molecule has 2 heterocycles. The molecule has 1 aliphatic rings. The zero-order valence-corrected chi connectivity index (χ0v) is 11.6. The van der Waals surface area contributed by atoms with E-state index >= 15 is 0 Å². The molecular weight excluding hydrogens is 232 g/mol. The predicted octanol–water partition coefficient (Wildman–Crippen LogP) is 2.92. The van der Waals surface area contributed by atoms with E-state index in [1.54, 1.807) is 11.3 Å². The van der Waals surface area contributed by atoms with Crippen LogP contribution in [-0.2, 0) is 4.74 Å². The molecule has 0 aromatic carbocycles. The summed E-state index contributed by atoms with van der Waals surface area (Å²) < 4.78 is 5.45. The highest BCUT2D eigenvalue weighted by Crippen LogP contribution is 2.31. The lowest BCUT2D eigenvalue weighted by molar-refractivity contribution is 0.0536. The van der Waals surface area contributed by atoms with Gasteiger partial charge in [0.1, 0.15) is 5.01 Å². The molecule has 1 saturated heterocycles. The predicted molar refractivity (Wildman–Crippen MR) is 71.4 cm³/mol. The van der Waals surface area contributed by atoms with Crippen LogP contribution in [0.15, 0.2) is 5.38 Å². The molecule has 1 aromatic rings. The lowest BCUT2D eigenvalue weighted by atomic mass is 9.92. The van der Waals surface area contributed by atoms with Crippen LogP contribution in [0.2, 0.25) is 0 Å². The molecule has 0 spiro atoms. The molecule has 0 radical (unpaired) electrons. The molecule has 4 heteroatoms. The fourth-order valence-corrected chi connectivity index (χ4v) is 3.28. The Morgan fingerprint density at radius 3 is 2.88 bits per heavy atom. The zero-order valence-electron chi connectivity index (χ0n) is 10.7. The van der Waals surface area contributed by atoms with E-state index in [9.17, 15) is 0 Å². The van der Waals surface area contributed by atoms with Gasteiger partial charge in [0.2, 0.25) is 0 Å². The Bertz CT molecular complexity index is 334. The van der Waals surface area contributed by atoms with Crippen molar-refractivity contribution in [3.05, 3.63) is 16.1 Å². The normalized spacial score (nSPS) is 19.4. The minimum atomic E-state index is 0.428. The van der Waals surface area contributed by atoms with Gasteiger partial charge in [-0.05, 0) is 38.6 Å². The van der Waals surface area contributed by atoms with Crippen LogP contribution in [0.5, 0.6) is 0 Å². The number of hydrogen-bond acceptors (Lipinski definition) is 4. The summed E-state index contributed by atoms with van der Waals surface area (Å²) in [5.41, 5.74) is 1.14. The van der Waals surface area contributed by atoms with E-state index in [0.29, 0.717) is 12.0 Å². The number of nitrogens with one attached hydrogen (secondary N) is 1. The molecule has 0 amide bonds. The summed E-state index contributed by atoms with van der Waals surface area (Å²) in [5, 5.41) is 7.06. The van der Waals surface area contributed by atoms with Gasteiger partial charge in [0, 0.05) is 24.3 Å². The minimum absolute atomic E-state index is 0.428. The van der Waals surface area contributed by atoms with Crippen LogP contribution in [0.25, 0.3) is 0 Å². The Hall–Kier alpha value is -0.450. The van der Waals surface area contributed by atoms with Gasteiger partial charge in [-0.1, -0.05) is 6.92 Å². The summed E-state index contributed by atoms with van der Waals surface area (Å²) in [6, 6.07) is 0.428. The van der Waals surface area contributed by atoms with E-state index in [1.807, 2.05) is 0 Å². The molecule has 1 N–H and O–H groups in total. The maximum atomic E-state index is 5.45. The van der Waals surface area contributed by atoms with Gasteiger partial charge in [-0.15, -0.1) is 11.3 Å². The molecule has 96 valence electrons. The number of hydrogen-bond donors (Lipinski definition) is 1. The van der Waals surface area contributed by atoms with Crippen molar-refractivity contribution in [3.8, 4) is 0 Å². The molecular formula is C13H22N2OS. The summed E-state index contributed by atoms with van der Waals surface area (Å²) >= 11 is 1.79. The first-order chi connectivity index (χ1) is 8.31. The average Bonchev–Trinajstić information content (AvgIpc) is 2.78.